The van der Waals surface area contributed by atoms with Crippen LogP contribution in [0, 0.1) is 0 Å². The first kappa shape index (κ1) is 10.4. The summed E-state index contributed by atoms with van der Waals surface area (Å²) in [7, 11) is 1.56. The average Bonchev–Trinajstić information content (AvgIpc) is 2.44. The van der Waals surface area contributed by atoms with Crippen LogP contribution in [0.15, 0.2) is 12.2 Å². The molecule has 0 aromatic rings. The highest BCUT2D eigenvalue weighted by Gasteiger charge is 2.23. The smallest absolute Gasteiger partial charge is 0.253 e. The maximum absolute atomic E-state index is 11.0. The quantitative estimate of drug-likeness (QED) is 0.427. The highest BCUT2D eigenvalue weighted by Crippen LogP contribution is 2.03. The SMILES string of the molecule is CNNC(=O)CCN1C(=O)C=CC1=O. The molecule has 1 rings (SSSR count). The van der Waals surface area contributed by atoms with Crippen molar-refractivity contribution in [3.63, 3.8) is 0 Å². The van der Waals surface area contributed by atoms with E-state index in [0.717, 1.165) is 4.90 Å². The van der Waals surface area contributed by atoms with Crippen molar-refractivity contribution in [3.8, 4) is 0 Å². The molecule has 6 heteroatoms. The van der Waals surface area contributed by atoms with Crippen LogP contribution in [0.3, 0.4) is 0 Å². The second-order valence-electron chi connectivity index (χ2n) is 2.71. The Morgan fingerprint density at radius 2 is 1.93 bits per heavy atom. The first-order valence-electron chi connectivity index (χ1n) is 4.14. The van der Waals surface area contributed by atoms with Gasteiger partial charge in [0.2, 0.25) is 5.91 Å². The molecule has 0 aromatic heterocycles. The van der Waals surface area contributed by atoms with E-state index in [0.29, 0.717) is 0 Å². The molecule has 0 aromatic carbocycles. The van der Waals surface area contributed by atoms with Crippen LogP contribution in [-0.4, -0.2) is 36.2 Å². The first-order chi connectivity index (χ1) is 6.65. The fourth-order valence-corrected chi connectivity index (χ4v) is 1.07. The van der Waals surface area contributed by atoms with Crippen LogP contribution in [0.4, 0.5) is 0 Å². The zero-order chi connectivity index (χ0) is 10.6. The molecule has 0 unspecified atom stereocenters. The van der Waals surface area contributed by atoms with Gasteiger partial charge in [0.1, 0.15) is 0 Å². The third kappa shape index (κ3) is 2.40. The minimum absolute atomic E-state index is 0.0972. The number of hydrazine groups is 1. The number of carbonyl (C=O) groups excluding carboxylic acids is 3. The minimum Gasteiger partial charge on any atom is -0.292 e. The van der Waals surface area contributed by atoms with Crippen LogP contribution in [0.2, 0.25) is 0 Å². The summed E-state index contributed by atoms with van der Waals surface area (Å²) in [6.45, 7) is 0.109. The Hall–Kier alpha value is -1.69. The molecule has 1 aliphatic heterocycles. The van der Waals surface area contributed by atoms with Crippen molar-refractivity contribution < 1.29 is 14.4 Å². The van der Waals surface area contributed by atoms with Gasteiger partial charge in [-0.05, 0) is 0 Å². The summed E-state index contributed by atoms with van der Waals surface area (Å²) in [6, 6.07) is 0. The largest absolute Gasteiger partial charge is 0.292 e. The van der Waals surface area contributed by atoms with Gasteiger partial charge in [-0.2, -0.15) is 0 Å². The lowest BCUT2D eigenvalue weighted by Crippen LogP contribution is -2.38. The summed E-state index contributed by atoms with van der Waals surface area (Å²) in [5.74, 6) is -1.00. The summed E-state index contributed by atoms with van der Waals surface area (Å²) in [4.78, 5) is 34.0. The van der Waals surface area contributed by atoms with E-state index < -0.39 is 0 Å². The zero-order valence-corrected chi connectivity index (χ0v) is 7.74. The lowest BCUT2D eigenvalue weighted by atomic mass is 10.4. The van der Waals surface area contributed by atoms with Gasteiger partial charge in [-0.15, -0.1) is 0 Å². The number of nitrogens with zero attached hydrogens (tertiary/aromatic N) is 1. The molecule has 2 N–H and O–H groups in total. The van der Waals surface area contributed by atoms with Crippen LogP contribution in [0.25, 0.3) is 0 Å². The number of hydrogen-bond donors (Lipinski definition) is 2. The summed E-state index contributed by atoms with van der Waals surface area (Å²) >= 11 is 0. The number of imide groups is 1. The normalized spacial score (nSPS) is 15.1. The van der Waals surface area contributed by atoms with Gasteiger partial charge in [-0.25, -0.2) is 5.43 Å². The third-order valence-electron chi connectivity index (χ3n) is 1.73. The maximum atomic E-state index is 11.0. The number of nitrogens with one attached hydrogen (secondary N) is 2. The topological polar surface area (TPSA) is 78.5 Å². The van der Waals surface area contributed by atoms with Gasteiger partial charge in [-0.3, -0.25) is 24.7 Å². The molecule has 0 atom stereocenters. The Bertz CT molecular complexity index is 280. The molecule has 3 amide bonds. The number of hydrogen-bond acceptors (Lipinski definition) is 4. The van der Waals surface area contributed by atoms with E-state index in [-0.39, 0.29) is 30.7 Å². The molecular weight excluding hydrogens is 186 g/mol. The second-order valence-corrected chi connectivity index (χ2v) is 2.71. The summed E-state index contributed by atoms with van der Waals surface area (Å²) in [6.07, 6.45) is 2.48. The van der Waals surface area contributed by atoms with E-state index in [9.17, 15) is 14.4 Å². The van der Waals surface area contributed by atoms with Crippen LogP contribution < -0.4 is 10.9 Å². The van der Waals surface area contributed by atoms with Crippen molar-refractivity contribution in [1.82, 2.24) is 15.8 Å². The molecule has 1 heterocycles. The second kappa shape index (κ2) is 4.52. The van der Waals surface area contributed by atoms with Crippen LogP contribution in [0.1, 0.15) is 6.42 Å². The van der Waals surface area contributed by atoms with E-state index in [1.165, 1.54) is 12.2 Å². The van der Waals surface area contributed by atoms with E-state index in [4.69, 9.17) is 0 Å². The van der Waals surface area contributed by atoms with Gasteiger partial charge in [0.25, 0.3) is 11.8 Å². The van der Waals surface area contributed by atoms with Gasteiger partial charge < -0.3 is 0 Å². The lowest BCUT2D eigenvalue weighted by molar-refractivity contribution is -0.137. The molecule has 0 spiro atoms. The van der Waals surface area contributed by atoms with E-state index >= 15 is 0 Å². The summed E-state index contributed by atoms with van der Waals surface area (Å²) in [5, 5.41) is 0. The summed E-state index contributed by atoms with van der Waals surface area (Å²) < 4.78 is 0. The van der Waals surface area contributed by atoms with Gasteiger partial charge in [0.15, 0.2) is 0 Å². The Kier molecular flexibility index (Phi) is 3.35. The number of carbonyl (C=O) groups is 3. The maximum Gasteiger partial charge on any atom is 0.253 e. The van der Waals surface area contributed by atoms with Gasteiger partial charge >= 0.3 is 0 Å². The van der Waals surface area contributed by atoms with Crippen molar-refractivity contribution in [2.75, 3.05) is 13.6 Å². The summed E-state index contributed by atoms with van der Waals surface area (Å²) in [5.41, 5.74) is 4.80. The van der Waals surface area contributed by atoms with E-state index in [1.54, 1.807) is 7.05 Å². The van der Waals surface area contributed by atoms with Crippen LogP contribution in [-0.2, 0) is 14.4 Å². The molecular formula is C8H11N3O3. The van der Waals surface area contributed by atoms with Crippen molar-refractivity contribution >= 4 is 17.7 Å². The van der Waals surface area contributed by atoms with Crippen LogP contribution >= 0.6 is 0 Å². The zero-order valence-electron chi connectivity index (χ0n) is 7.74. The molecule has 1 aliphatic rings. The van der Waals surface area contributed by atoms with Gasteiger partial charge in [-0.1, -0.05) is 0 Å². The Balaban J connectivity index is 2.35. The predicted octanol–water partition coefficient (Wildman–Crippen LogP) is -1.45. The minimum atomic E-state index is -0.368. The van der Waals surface area contributed by atoms with Crippen molar-refractivity contribution in [2.45, 2.75) is 6.42 Å². The van der Waals surface area contributed by atoms with Gasteiger partial charge in [0.05, 0.1) is 0 Å². The molecule has 6 nitrogen and oxygen atoms in total. The molecule has 0 saturated heterocycles. The molecule has 0 fully saturated rings. The molecule has 0 bridgehead atoms. The van der Waals surface area contributed by atoms with Gasteiger partial charge in [0, 0.05) is 32.2 Å². The molecule has 76 valence electrons. The standard InChI is InChI=1S/C8H11N3O3/c1-9-10-6(12)4-5-11-7(13)2-3-8(11)14/h2-3,9H,4-5H2,1H3,(H,10,12). The molecule has 0 aliphatic carbocycles. The highest BCUT2D eigenvalue weighted by molar-refractivity contribution is 6.13. The fraction of sp³-hybridized carbons (Fsp3) is 0.375. The first-order valence-corrected chi connectivity index (χ1v) is 4.14. The number of amides is 3. The Morgan fingerprint density at radius 1 is 1.36 bits per heavy atom. The molecule has 0 saturated carbocycles. The number of rotatable bonds is 4. The molecule has 0 radical (unpaired) electrons. The monoisotopic (exact) mass is 197 g/mol. The van der Waals surface area contributed by atoms with Crippen molar-refractivity contribution in [1.29, 1.82) is 0 Å². The molecule has 14 heavy (non-hydrogen) atoms. The fourth-order valence-electron chi connectivity index (χ4n) is 1.07. The Morgan fingerprint density at radius 3 is 2.43 bits per heavy atom. The van der Waals surface area contributed by atoms with E-state index in [2.05, 4.69) is 10.9 Å². The van der Waals surface area contributed by atoms with Crippen molar-refractivity contribution in [3.05, 3.63) is 12.2 Å². The average molecular weight is 197 g/mol. The van der Waals surface area contributed by atoms with Crippen LogP contribution in [0.5, 0.6) is 0 Å². The third-order valence-corrected chi connectivity index (χ3v) is 1.73. The highest BCUT2D eigenvalue weighted by atomic mass is 16.2. The lowest BCUT2D eigenvalue weighted by Gasteiger charge is -2.12. The Labute approximate surface area is 80.9 Å². The van der Waals surface area contributed by atoms with Crippen molar-refractivity contribution in [2.24, 2.45) is 0 Å². The van der Waals surface area contributed by atoms with E-state index in [1.807, 2.05) is 0 Å². The predicted molar refractivity (Wildman–Crippen MR) is 47.7 cm³/mol.